The molecular formula is C27H43N5O7. The van der Waals surface area contributed by atoms with Gasteiger partial charge < -0.3 is 36.5 Å². The van der Waals surface area contributed by atoms with Gasteiger partial charge in [0.2, 0.25) is 17.7 Å². The Kier molecular flexibility index (Phi) is 13.8. The van der Waals surface area contributed by atoms with Crippen LogP contribution >= 0.6 is 0 Å². The number of nitrogens with two attached hydrogens (primary N) is 1. The van der Waals surface area contributed by atoms with Crippen molar-refractivity contribution in [3.8, 4) is 0 Å². The van der Waals surface area contributed by atoms with E-state index in [4.69, 9.17) is 15.2 Å². The molecule has 1 aromatic carbocycles. The Morgan fingerprint density at radius 1 is 0.872 bits per heavy atom. The summed E-state index contributed by atoms with van der Waals surface area (Å²) in [7, 11) is 0. The van der Waals surface area contributed by atoms with Gasteiger partial charge in [0.25, 0.3) is 0 Å². The first-order valence-corrected chi connectivity index (χ1v) is 13.0. The van der Waals surface area contributed by atoms with Crippen molar-refractivity contribution in [2.75, 3.05) is 6.54 Å². The normalized spacial score (nSPS) is 13.4. The average Bonchev–Trinajstić information content (AvgIpc) is 2.83. The summed E-state index contributed by atoms with van der Waals surface area (Å²) in [5, 5.41) is 10.3. The lowest BCUT2D eigenvalue weighted by Gasteiger charge is -2.26. The fourth-order valence-electron chi connectivity index (χ4n) is 3.35. The third-order valence-corrected chi connectivity index (χ3v) is 5.44. The minimum Gasteiger partial charge on any atom is -0.445 e. The van der Waals surface area contributed by atoms with E-state index < -0.39 is 53.6 Å². The van der Waals surface area contributed by atoms with Gasteiger partial charge in [0.15, 0.2) is 0 Å². The van der Waals surface area contributed by atoms with Crippen LogP contribution < -0.4 is 27.0 Å². The smallest absolute Gasteiger partial charge is 0.408 e. The van der Waals surface area contributed by atoms with Crippen LogP contribution in [0.2, 0.25) is 0 Å². The van der Waals surface area contributed by atoms with Gasteiger partial charge >= 0.3 is 12.2 Å². The van der Waals surface area contributed by atoms with E-state index in [2.05, 4.69) is 21.3 Å². The highest BCUT2D eigenvalue weighted by atomic mass is 16.6. The van der Waals surface area contributed by atoms with Gasteiger partial charge in [-0.2, -0.15) is 0 Å². The molecule has 1 rings (SSSR count). The maximum atomic E-state index is 12.9. The standard InChI is InChI=1S/C27H43N5O7/c1-17(2)21(32-23(34)18(3)30-26(37)38-16-19-12-8-7-9-13-19)24(35)31-20(22(28)33)14-10-11-15-29-25(36)39-27(4,5)6/h7-9,12-13,17-18,20-21H,10-11,14-16H2,1-6H3,(H2,28,33)(H,29,36)(H,30,37)(H,31,35)(H,32,34)/t18-,20-,21-/m0/s1. The molecule has 0 unspecified atom stereocenters. The summed E-state index contributed by atoms with van der Waals surface area (Å²) in [4.78, 5) is 61.3. The molecule has 0 spiro atoms. The van der Waals surface area contributed by atoms with Crippen LogP contribution in [0.3, 0.4) is 0 Å². The van der Waals surface area contributed by atoms with E-state index in [9.17, 15) is 24.0 Å². The molecule has 3 atom stereocenters. The van der Waals surface area contributed by atoms with Crippen molar-refractivity contribution >= 4 is 29.9 Å². The first-order valence-electron chi connectivity index (χ1n) is 13.0. The molecule has 0 aliphatic carbocycles. The average molecular weight is 550 g/mol. The van der Waals surface area contributed by atoms with Gasteiger partial charge in [0.05, 0.1) is 0 Å². The number of primary amides is 1. The van der Waals surface area contributed by atoms with Gasteiger partial charge in [-0.15, -0.1) is 0 Å². The number of hydrogen-bond acceptors (Lipinski definition) is 7. The zero-order valence-corrected chi connectivity index (χ0v) is 23.7. The monoisotopic (exact) mass is 549 g/mol. The molecule has 6 N–H and O–H groups in total. The van der Waals surface area contributed by atoms with Gasteiger partial charge in [-0.3, -0.25) is 14.4 Å². The second-order valence-corrected chi connectivity index (χ2v) is 10.5. The summed E-state index contributed by atoms with van der Waals surface area (Å²) < 4.78 is 10.3. The Bertz CT molecular complexity index is 963. The zero-order valence-electron chi connectivity index (χ0n) is 23.7. The molecule has 0 heterocycles. The van der Waals surface area contributed by atoms with E-state index in [0.29, 0.717) is 19.4 Å². The van der Waals surface area contributed by atoms with Crippen molar-refractivity contribution in [1.29, 1.82) is 0 Å². The van der Waals surface area contributed by atoms with Gasteiger partial charge in [-0.1, -0.05) is 44.2 Å². The number of benzene rings is 1. The Labute approximate surface area is 230 Å². The number of ether oxygens (including phenoxy) is 2. The SMILES string of the molecule is CC(C)[C@H](NC(=O)[C@H](C)NC(=O)OCc1ccccc1)C(=O)N[C@@H](CCCCNC(=O)OC(C)(C)C)C(N)=O. The summed E-state index contributed by atoms with van der Waals surface area (Å²) in [5.41, 5.74) is 5.67. The van der Waals surface area contributed by atoms with Gasteiger partial charge in [-0.05, 0) is 58.4 Å². The molecule has 0 fully saturated rings. The molecule has 218 valence electrons. The van der Waals surface area contributed by atoms with Gasteiger partial charge in [0, 0.05) is 6.54 Å². The molecule has 0 aromatic heterocycles. The van der Waals surface area contributed by atoms with Crippen molar-refractivity contribution < 1.29 is 33.4 Å². The summed E-state index contributed by atoms with van der Waals surface area (Å²) in [6.45, 7) is 10.6. The predicted octanol–water partition coefficient (Wildman–Crippen LogP) is 2.11. The number of nitrogens with one attached hydrogen (secondary N) is 4. The highest BCUT2D eigenvalue weighted by Gasteiger charge is 2.29. The van der Waals surface area contributed by atoms with E-state index >= 15 is 0 Å². The minimum absolute atomic E-state index is 0.0452. The first kappa shape index (κ1) is 33.2. The molecule has 39 heavy (non-hydrogen) atoms. The van der Waals surface area contributed by atoms with E-state index in [1.54, 1.807) is 46.8 Å². The fraction of sp³-hybridized carbons (Fsp3) is 0.593. The molecule has 5 amide bonds. The van der Waals surface area contributed by atoms with Crippen LogP contribution in [0, 0.1) is 5.92 Å². The number of rotatable bonds is 14. The Hall–Kier alpha value is -3.83. The summed E-state index contributed by atoms with van der Waals surface area (Å²) in [5.74, 6) is -2.21. The van der Waals surface area contributed by atoms with Gasteiger partial charge in [-0.25, -0.2) is 9.59 Å². The molecule has 0 bridgehead atoms. The minimum atomic E-state index is -0.980. The fourth-order valence-corrected chi connectivity index (χ4v) is 3.35. The lowest BCUT2D eigenvalue weighted by Crippen LogP contribution is -2.57. The second kappa shape index (κ2) is 16.2. The Balaban J connectivity index is 2.54. The maximum Gasteiger partial charge on any atom is 0.408 e. The van der Waals surface area contributed by atoms with Crippen molar-refractivity contribution in [2.24, 2.45) is 11.7 Å². The lowest BCUT2D eigenvalue weighted by atomic mass is 10.0. The number of amides is 5. The molecule has 0 aliphatic heterocycles. The molecule has 0 aliphatic rings. The number of alkyl carbamates (subject to hydrolysis) is 2. The summed E-state index contributed by atoms with van der Waals surface area (Å²) in [6.07, 6.45) is -0.0320. The van der Waals surface area contributed by atoms with Crippen LogP contribution in [-0.4, -0.2) is 60.2 Å². The molecular weight excluding hydrogens is 506 g/mol. The van der Waals surface area contributed by atoms with E-state index in [-0.39, 0.29) is 18.9 Å². The lowest BCUT2D eigenvalue weighted by molar-refractivity contribution is -0.132. The number of hydrogen-bond donors (Lipinski definition) is 5. The van der Waals surface area contributed by atoms with Crippen molar-refractivity contribution in [1.82, 2.24) is 21.3 Å². The molecule has 0 saturated heterocycles. The first-order chi connectivity index (χ1) is 18.2. The Morgan fingerprint density at radius 2 is 1.51 bits per heavy atom. The molecule has 0 radical (unpaired) electrons. The van der Waals surface area contributed by atoms with Crippen LogP contribution in [0.1, 0.15) is 66.4 Å². The van der Waals surface area contributed by atoms with Crippen molar-refractivity contribution in [3.05, 3.63) is 35.9 Å². The quantitative estimate of drug-likeness (QED) is 0.221. The van der Waals surface area contributed by atoms with Crippen molar-refractivity contribution in [3.63, 3.8) is 0 Å². The molecule has 0 saturated carbocycles. The molecule has 12 nitrogen and oxygen atoms in total. The van der Waals surface area contributed by atoms with Crippen molar-refractivity contribution in [2.45, 2.75) is 91.1 Å². The topological polar surface area (TPSA) is 178 Å². The third kappa shape index (κ3) is 14.0. The second-order valence-electron chi connectivity index (χ2n) is 10.5. The number of carbonyl (C=O) groups excluding carboxylic acids is 5. The van der Waals surface area contributed by atoms with E-state index in [1.165, 1.54) is 6.92 Å². The highest BCUT2D eigenvalue weighted by Crippen LogP contribution is 2.08. The van der Waals surface area contributed by atoms with Crippen LogP contribution in [-0.2, 0) is 30.5 Å². The number of carbonyl (C=O) groups is 5. The maximum absolute atomic E-state index is 12.9. The van der Waals surface area contributed by atoms with Crippen LogP contribution in [0.4, 0.5) is 9.59 Å². The van der Waals surface area contributed by atoms with E-state index in [1.807, 2.05) is 18.2 Å². The molecule has 12 heteroatoms. The van der Waals surface area contributed by atoms with Crippen LogP contribution in [0.15, 0.2) is 30.3 Å². The van der Waals surface area contributed by atoms with Crippen LogP contribution in [0.5, 0.6) is 0 Å². The Morgan fingerprint density at radius 3 is 2.08 bits per heavy atom. The van der Waals surface area contributed by atoms with Crippen LogP contribution in [0.25, 0.3) is 0 Å². The largest absolute Gasteiger partial charge is 0.445 e. The number of unbranched alkanes of at least 4 members (excludes halogenated alkanes) is 1. The van der Waals surface area contributed by atoms with E-state index in [0.717, 1.165) is 5.56 Å². The predicted molar refractivity (Wildman–Crippen MR) is 145 cm³/mol. The summed E-state index contributed by atoms with van der Waals surface area (Å²) >= 11 is 0. The summed E-state index contributed by atoms with van der Waals surface area (Å²) in [6, 6.07) is 6.17. The van der Waals surface area contributed by atoms with Gasteiger partial charge in [0.1, 0.15) is 30.3 Å². The molecule has 1 aromatic rings. The highest BCUT2D eigenvalue weighted by molar-refractivity contribution is 5.93. The zero-order chi connectivity index (χ0) is 29.6. The third-order valence-electron chi connectivity index (χ3n) is 5.44.